The van der Waals surface area contributed by atoms with Gasteiger partial charge in [0.15, 0.2) is 12.6 Å². The smallest absolute Gasteiger partial charge is 0.342 e. The molecule has 4 heterocycles. The highest BCUT2D eigenvalue weighted by Crippen LogP contribution is 2.84. The zero-order chi connectivity index (χ0) is 20.9. The number of rotatable bonds is 0. The van der Waals surface area contributed by atoms with Crippen LogP contribution in [0.15, 0.2) is 0 Å². The van der Waals surface area contributed by atoms with Crippen LogP contribution in [0.1, 0.15) is 34.1 Å². The van der Waals surface area contributed by atoms with E-state index in [1.165, 1.54) is 0 Å². The average Bonchev–Trinajstić information content (AvgIpc) is 3.31. The van der Waals surface area contributed by atoms with E-state index in [0.717, 1.165) is 0 Å². The fourth-order valence-corrected chi connectivity index (χ4v) is 8.45. The first kappa shape index (κ1) is 18.9. The maximum absolute atomic E-state index is 13.4. The van der Waals surface area contributed by atoms with Crippen molar-refractivity contribution in [3.8, 4) is 0 Å². The van der Waals surface area contributed by atoms with Gasteiger partial charge < -0.3 is 39.4 Å². The number of fused-ring (bicyclic) bond motifs is 1. The van der Waals surface area contributed by atoms with E-state index in [4.69, 9.17) is 18.9 Å². The van der Waals surface area contributed by atoms with Crippen LogP contribution in [0.4, 0.5) is 0 Å². The van der Waals surface area contributed by atoms with E-state index in [-0.39, 0.29) is 13.0 Å². The third kappa shape index (κ3) is 1.45. The molecular weight excluding hydrogens is 384 g/mol. The number of carbonyl (C=O) groups is 1. The quantitative estimate of drug-likeness (QED) is 0.366. The molecule has 2 spiro atoms. The topological polar surface area (TPSA) is 135 Å². The predicted molar refractivity (Wildman–Crippen MR) is 92.9 cm³/mol. The minimum atomic E-state index is -1.84. The molecule has 4 N–H and O–H groups in total. The van der Waals surface area contributed by atoms with Crippen LogP contribution in [0, 0.1) is 28.1 Å². The first-order valence-corrected chi connectivity index (χ1v) is 10.3. The highest BCUT2D eigenvalue weighted by Gasteiger charge is 3.01. The third-order valence-electron chi connectivity index (χ3n) is 9.06. The van der Waals surface area contributed by atoms with Gasteiger partial charge in [0.25, 0.3) is 0 Å². The lowest BCUT2D eigenvalue weighted by atomic mass is 9.51. The van der Waals surface area contributed by atoms with E-state index in [1.54, 1.807) is 6.92 Å². The fourth-order valence-electron chi connectivity index (χ4n) is 8.45. The van der Waals surface area contributed by atoms with Gasteiger partial charge in [-0.15, -0.1) is 0 Å². The molecule has 29 heavy (non-hydrogen) atoms. The molecule has 9 heteroatoms. The van der Waals surface area contributed by atoms with Crippen LogP contribution in [0.5, 0.6) is 0 Å². The second kappa shape index (κ2) is 4.82. The Hall–Kier alpha value is -0.810. The van der Waals surface area contributed by atoms with Gasteiger partial charge in [0.05, 0.1) is 29.6 Å². The van der Waals surface area contributed by atoms with Crippen molar-refractivity contribution in [1.29, 1.82) is 0 Å². The number of esters is 1. The third-order valence-corrected chi connectivity index (χ3v) is 9.06. The van der Waals surface area contributed by atoms with Gasteiger partial charge >= 0.3 is 5.97 Å². The Morgan fingerprint density at radius 1 is 1.17 bits per heavy atom. The first-order valence-electron chi connectivity index (χ1n) is 10.3. The molecule has 6 aliphatic rings. The van der Waals surface area contributed by atoms with Crippen molar-refractivity contribution < 1.29 is 44.2 Å². The molecule has 0 aromatic rings. The predicted octanol–water partition coefficient (Wildman–Crippen LogP) is -1.10. The Morgan fingerprint density at radius 3 is 2.52 bits per heavy atom. The highest BCUT2D eigenvalue weighted by molar-refractivity contribution is 5.89. The van der Waals surface area contributed by atoms with Gasteiger partial charge in [-0.25, -0.2) is 4.79 Å². The van der Waals surface area contributed by atoms with Crippen molar-refractivity contribution in [1.82, 2.24) is 0 Å². The maximum Gasteiger partial charge on any atom is 0.342 e. The summed E-state index contributed by atoms with van der Waals surface area (Å²) in [5.41, 5.74) is -6.70. The second-order valence-electron chi connectivity index (χ2n) is 10.9. The molecule has 2 saturated carbocycles. The second-order valence-corrected chi connectivity index (χ2v) is 10.9. The Kier molecular flexibility index (Phi) is 3.15. The Balaban J connectivity index is 1.70. The molecule has 9 nitrogen and oxygen atoms in total. The summed E-state index contributed by atoms with van der Waals surface area (Å²) in [6.45, 7) is 7.82. The molecule has 6 unspecified atom stereocenters. The van der Waals surface area contributed by atoms with Crippen LogP contribution < -0.4 is 0 Å². The molecule has 2 aliphatic carbocycles. The first-order chi connectivity index (χ1) is 13.4. The van der Waals surface area contributed by atoms with E-state index >= 15 is 0 Å². The largest absolute Gasteiger partial charge is 0.457 e. The minimum Gasteiger partial charge on any atom is -0.457 e. The number of ether oxygens (including phenoxy) is 4. The van der Waals surface area contributed by atoms with Gasteiger partial charge in [-0.05, 0) is 11.8 Å². The lowest BCUT2D eigenvalue weighted by Crippen LogP contribution is -2.66. The Bertz CT molecular complexity index is 810. The van der Waals surface area contributed by atoms with E-state index in [1.807, 2.05) is 20.8 Å². The molecular formula is C20H28O9. The zero-order valence-electron chi connectivity index (χ0n) is 16.9. The summed E-state index contributed by atoms with van der Waals surface area (Å²) < 4.78 is 23.6. The monoisotopic (exact) mass is 412 g/mol. The van der Waals surface area contributed by atoms with E-state index < -0.39 is 82.2 Å². The average molecular weight is 412 g/mol. The molecule has 4 saturated heterocycles. The summed E-state index contributed by atoms with van der Waals surface area (Å²) in [4.78, 5) is 13.4. The molecule has 162 valence electrons. The van der Waals surface area contributed by atoms with Crippen molar-refractivity contribution in [3.63, 3.8) is 0 Å². The highest BCUT2D eigenvalue weighted by atomic mass is 16.8. The van der Waals surface area contributed by atoms with Crippen molar-refractivity contribution in [2.75, 3.05) is 6.61 Å². The van der Waals surface area contributed by atoms with E-state index in [9.17, 15) is 25.2 Å². The van der Waals surface area contributed by atoms with Crippen LogP contribution in [0.2, 0.25) is 0 Å². The number of hydrogen-bond donors (Lipinski definition) is 4. The van der Waals surface area contributed by atoms with Gasteiger partial charge in [-0.2, -0.15) is 0 Å². The number of hydrogen-bond acceptors (Lipinski definition) is 9. The van der Waals surface area contributed by atoms with Gasteiger partial charge in [0.2, 0.25) is 5.60 Å². The maximum atomic E-state index is 13.4. The fraction of sp³-hybridized carbons (Fsp3) is 0.950. The summed E-state index contributed by atoms with van der Waals surface area (Å²) in [5, 5.41) is 45.1. The van der Waals surface area contributed by atoms with E-state index in [2.05, 4.69) is 0 Å². The van der Waals surface area contributed by atoms with Gasteiger partial charge in [0.1, 0.15) is 17.8 Å². The summed E-state index contributed by atoms with van der Waals surface area (Å²) >= 11 is 0. The molecule has 12 atom stereocenters. The van der Waals surface area contributed by atoms with Crippen molar-refractivity contribution in [2.24, 2.45) is 28.1 Å². The Labute approximate surface area is 167 Å². The van der Waals surface area contributed by atoms with Crippen LogP contribution in [-0.4, -0.2) is 81.2 Å². The summed E-state index contributed by atoms with van der Waals surface area (Å²) in [6.07, 6.45) is -6.79. The number of aliphatic hydroxyl groups is 4. The van der Waals surface area contributed by atoms with E-state index in [0.29, 0.717) is 0 Å². The molecule has 0 amide bonds. The number of aliphatic hydroxyl groups excluding tert-OH is 3. The molecule has 0 aromatic carbocycles. The molecule has 6 fully saturated rings. The number of carbonyl (C=O) groups excluding carboxylic acids is 1. The minimum absolute atomic E-state index is 0.164. The molecule has 4 aliphatic heterocycles. The normalized spacial score (nSPS) is 64.8. The van der Waals surface area contributed by atoms with Crippen molar-refractivity contribution in [2.45, 2.75) is 82.3 Å². The molecule has 0 bridgehead atoms. The van der Waals surface area contributed by atoms with Crippen LogP contribution in [0.3, 0.4) is 0 Å². The summed E-state index contributed by atoms with van der Waals surface area (Å²) in [7, 11) is 0. The van der Waals surface area contributed by atoms with Crippen molar-refractivity contribution >= 4 is 5.97 Å². The molecule has 0 aromatic heterocycles. The zero-order valence-corrected chi connectivity index (χ0v) is 16.9. The Morgan fingerprint density at radius 2 is 1.86 bits per heavy atom. The van der Waals surface area contributed by atoms with Crippen LogP contribution in [-0.2, 0) is 23.7 Å². The summed E-state index contributed by atoms with van der Waals surface area (Å²) in [6, 6.07) is 0. The standard InChI is InChI=1S/C20H28O9/c1-7-6-26-8-5-17-12-9(21)10(16(2,3)4)18(17)11(22)13(23)28-15(18)29-20(17,14(24)27-12)19(7,8)25/h7-13,15,21-23,25H,5-6H2,1-4H3/t7-,8?,9-,10?,11+,12?,13+,15?,17?,18?,19-,20-/m1/s1. The SMILES string of the molecule is C[C@@H]1COC2CC34C5OC(=O)[C@]3(OC3O[C@H](O)[C@H](O)C34C(C(C)(C)C)[C@H]5O)[C@]21O. The van der Waals surface area contributed by atoms with Gasteiger partial charge in [-0.1, -0.05) is 27.7 Å². The van der Waals surface area contributed by atoms with Gasteiger partial charge in [-0.3, -0.25) is 0 Å². The van der Waals surface area contributed by atoms with Gasteiger partial charge in [0, 0.05) is 11.8 Å². The summed E-state index contributed by atoms with van der Waals surface area (Å²) in [5.74, 6) is -1.80. The molecule has 6 rings (SSSR count). The lowest BCUT2D eigenvalue weighted by Gasteiger charge is -2.48. The molecule has 0 radical (unpaired) electrons. The lowest BCUT2D eigenvalue weighted by molar-refractivity contribution is -0.263. The van der Waals surface area contributed by atoms with Crippen molar-refractivity contribution in [3.05, 3.63) is 0 Å². The van der Waals surface area contributed by atoms with Crippen LogP contribution >= 0.6 is 0 Å². The van der Waals surface area contributed by atoms with Crippen LogP contribution in [0.25, 0.3) is 0 Å².